The van der Waals surface area contributed by atoms with Crippen molar-refractivity contribution >= 4 is 29.7 Å². The van der Waals surface area contributed by atoms with Crippen LogP contribution in [-0.4, -0.2) is 11.3 Å². The fourth-order valence-electron chi connectivity index (χ4n) is 0.850. The first kappa shape index (κ1) is 9.74. The van der Waals surface area contributed by atoms with E-state index >= 15 is 0 Å². The van der Waals surface area contributed by atoms with Crippen LogP contribution in [0.15, 0.2) is 18.3 Å². The van der Waals surface area contributed by atoms with Crippen LogP contribution in [0.25, 0.3) is 6.08 Å². The highest BCUT2D eigenvalue weighted by Crippen LogP contribution is 2.16. The summed E-state index contributed by atoms with van der Waals surface area (Å²) in [4.78, 5) is 13.9. The lowest BCUT2D eigenvalue weighted by atomic mass is 10.2. The van der Waals surface area contributed by atoms with Crippen molar-refractivity contribution in [3.8, 4) is 0 Å². The largest absolute Gasteiger partial charge is 0.397 e. The monoisotopic (exact) mass is 196 g/mol. The Labute approximate surface area is 81.2 Å². The van der Waals surface area contributed by atoms with Gasteiger partial charge in [-0.15, -0.1) is 0 Å². The number of nitrogen functional groups attached to an aromatic ring is 1. The molecule has 3 nitrogen and oxygen atoms in total. The van der Waals surface area contributed by atoms with Gasteiger partial charge >= 0.3 is 0 Å². The first-order chi connectivity index (χ1) is 6.24. The molecule has 68 valence electrons. The van der Waals surface area contributed by atoms with E-state index in [1.54, 1.807) is 18.2 Å². The first-order valence-corrected chi connectivity index (χ1v) is 4.13. The molecule has 0 fully saturated rings. The number of nitrogens with zero attached hydrogens (tertiary/aromatic N) is 1. The molecule has 0 aromatic carbocycles. The SMILES string of the molecule is Nc1cnc(Cl)c(C=CCC=O)c1. The van der Waals surface area contributed by atoms with E-state index in [1.165, 1.54) is 6.20 Å². The number of rotatable bonds is 3. The van der Waals surface area contributed by atoms with E-state index in [0.717, 1.165) is 11.8 Å². The van der Waals surface area contributed by atoms with Gasteiger partial charge in [0.25, 0.3) is 0 Å². The summed E-state index contributed by atoms with van der Waals surface area (Å²) in [6.45, 7) is 0. The van der Waals surface area contributed by atoms with Gasteiger partial charge in [-0.05, 0) is 6.07 Å². The lowest BCUT2D eigenvalue weighted by Gasteiger charge is -1.97. The number of allylic oxidation sites excluding steroid dienone is 1. The lowest BCUT2D eigenvalue weighted by Crippen LogP contribution is -1.88. The normalized spacial score (nSPS) is 10.5. The summed E-state index contributed by atoms with van der Waals surface area (Å²) in [5.74, 6) is 0. The van der Waals surface area contributed by atoms with Gasteiger partial charge in [-0.2, -0.15) is 0 Å². The second-order valence-electron chi connectivity index (χ2n) is 2.45. The van der Waals surface area contributed by atoms with Crippen LogP contribution in [0.4, 0.5) is 5.69 Å². The number of aldehydes is 1. The highest BCUT2D eigenvalue weighted by Gasteiger charge is 1.97. The molecule has 0 bridgehead atoms. The van der Waals surface area contributed by atoms with Crippen LogP contribution in [-0.2, 0) is 4.79 Å². The third-order valence-electron chi connectivity index (χ3n) is 1.42. The van der Waals surface area contributed by atoms with Crippen LogP contribution < -0.4 is 5.73 Å². The number of nitrogens with two attached hydrogens (primary N) is 1. The summed E-state index contributed by atoms with van der Waals surface area (Å²) in [6.07, 6.45) is 6.09. The van der Waals surface area contributed by atoms with Crippen molar-refractivity contribution in [3.63, 3.8) is 0 Å². The van der Waals surface area contributed by atoms with Crippen molar-refractivity contribution < 1.29 is 4.79 Å². The number of halogens is 1. The standard InChI is InChI=1S/C9H9ClN2O/c10-9-7(3-1-2-4-13)5-8(11)6-12-9/h1,3-6H,2,11H2. The number of hydrogen-bond donors (Lipinski definition) is 1. The fraction of sp³-hybridized carbons (Fsp3) is 0.111. The summed E-state index contributed by atoms with van der Waals surface area (Å²) in [5, 5.41) is 0.386. The van der Waals surface area contributed by atoms with E-state index in [9.17, 15) is 4.79 Å². The second kappa shape index (κ2) is 4.62. The number of hydrogen-bond acceptors (Lipinski definition) is 3. The number of carbonyl (C=O) groups is 1. The molecule has 0 amide bonds. The van der Waals surface area contributed by atoms with Gasteiger partial charge in [0, 0.05) is 12.0 Å². The van der Waals surface area contributed by atoms with E-state index in [2.05, 4.69) is 4.98 Å². The second-order valence-corrected chi connectivity index (χ2v) is 2.81. The molecule has 13 heavy (non-hydrogen) atoms. The van der Waals surface area contributed by atoms with Gasteiger partial charge in [-0.3, -0.25) is 0 Å². The Balaban J connectivity index is 2.86. The molecule has 0 aliphatic heterocycles. The van der Waals surface area contributed by atoms with Crippen LogP contribution in [0.2, 0.25) is 5.15 Å². The van der Waals surface area contributed by atoms with Crippen LogP contribution in [0, 0.1) is 0 Å². The highest BCUT2D eigenvalue weighted by atomic mass is 35.5. The van der Waals surface area contributed by atoms with Crippen molar-refractivity contribution in [2.75, 3.05) is 5.73 Å². The van der Waals surface area contributed by atoms with Crippen molar-refractivity contribution in [1.82, 2.24) is 4.98 Å². The van der Waals surface area contributed by atoms with Crippen LogP contribution in [0.1, 0.15) is 12.0 Å². The van der Waals surface area contributed by atoms with E-state index in [1.807, 2.05) is 0 Å². The highest BCUT2D eigenvalue weighted by molar-refractivity contribution is 6.30. The Morgan fingerprint density at radius 3 is 3.08 bits per heavy atom. The van der Waals surface area contributed by atoms with Gasteiger partial charge in [-0.1, -0.05) is 23.8 Å². The Morgan fingerprint density at radius 1 is 1.62 bits per heavy atom. The minimum absolute atomic E-state index is 0.366. The number of carbonyl (C=O) groups excluding carboxylic acids is 1. The molecule has 0 unspecified atom stereocenters. The summed E-state index contributed by atoms with van der Waals surface area (Å²) in [7, 11) is 0. The third kappa shape index (κ3) is 2.87. The zero-order valence-corrected chi connectivity index (χ0v) is 7.66. The third-order valence-corrected chi connectivity index (χ3v) is 1.73. The molecule has 0 radical (unpaired) electrons. The van der Waals surface area contributed by atoms with E-state index < -0.39 is 0 Å². The Kier molecular flexibility index (Phi) is 3.46. The van der Waals surface area contributed by atoms with Gasteiger partial charge in [0.2, 0.25) is 0 Å². The van der Waals surface area contributed by atoms with Gasteiger partial charge < -0.3 is 10.5 Å². The van der Waals surface area contributed by atoms with Crippen molar-refractivity contribution in [2.45, 2.75) is 6.42 Å². The molecule has 0 saturated heterocycles. The van der Waals surface area contributed by atoms with Crippen LogP contribution in [0.3, 0.4) is 0 Å². The zero-order valence-electron chi connectivity index (χ0n) is 6.90. The average Bonchev–Trinajstić information content (AvgIpc) is 2.11. The maximum atomic E-state index is 10.0. The van der Waals surface area contributed by atoms with Gasteiger partial charge in [-0.25, -0.2) is 4.98 Å². The van der Waals surface area contributed by atoms with Crippen LogP contribution in [0.5, 0.6) is 0 Å². The smallest absolute Gasteiger partial charge is 0.136 e. The maximum Gasteiger partial charge on any atom is 0.136 e. The summed E-state index contributed by atoms with van der Waals surface area (Å²) < 4.78 is 0. The predicted octanol–water partition coefficient (Wildman–Crippen LogP) is 1.92. The molecule has 0 spiro atoms. The van der Waals surface area contributed by atoms with Crippen LogP contribution >= 0.6 is 11.6 Å². The Morgan fingerprint density at radius 2 is 2.38 bits per heavy atom. The number of pyridine rings is 1. The van der Waals surface area contributed by atoms with Gasteiger partial charge in [0.05, 0.1) is 11.9 Å². The minimum Gasteiger partial charge on any atom is -0.397 e. The molecule has 2 N–H and O–H groups in total. The van der Waals surface area contributed by atoms with E-state index in [0.29, 0.717) is 17.3 Å². The minimum atomic E-state index is 0.366. The van der Waals surface area contributed by atoms with Gasteiger partial charge in [0.15, 0.2) is 0 Å². The van der Waals surface area contributed by atoms with E-state index in [4.69, 9.17) is 17.3 Å². The molecule has 1 rings (SSSR count). The zero-order chi connectivity index (χ0) is 9.68. The molecule has 0 atom stereocenters. The number of anilines is 1. The Hall–Kier alpha value is -1.35. The molecule has 0 saturated carbocycles. The summed E-state index contributed by atoms with van der Waals surface area (Å²) in [6, 6.07) is 1.70. The summed E-state index contributed by atoms with van der Waals surface area (Å²) >= 11 is 5.77. The first-order valence-electron chi connectivity index (χ1n) is 3.75. The lowest BCUT2D eigenvalue weighted by molar-refractivity contribution is -0.107. The van der Waals surface area contributed by atoms with E-state index in [-0.39, 0.29) is 0 Å². The maximum absolute atomic E-state index is 10.0. The molecule has 1 heterocycles. The average molecular weight is 197 g/mol. The molecule has 4 heteroatoms. The number of aromatic nitrogens is 1. The fourth-order valence-corrected chi connectivity index (χ4v) is 1.02. The quantitative estimate of drug-likeness (QED) is 0.594. The molecule has 0 aliphatic rings. The molecular formula is C9H9ClN2O. The predicted molar refractivity (Wildman–Crippen MR) is 53.4 cm³/mol. The molecule has 1 aromatic rings. The van der Waals surface area contributed by atoms with Crippen molar-refractivity contribution in [1.29, 1.82) is 0 Å². The molecular weight excluding hydrogens is 188 g/mol. The summed E-state index contributed by atoms with van der Waals surface area (Å²) in [5.41, 5.74) is 6.78. The van der Waals surface area contributed by atoms with Crippen molar-refractivity contribution in [2.24, 2.45) is 0 Å². The molecule has 1 aromatic heterocycles. The van der Waals surface area contributed by atoms with Crippen molar-refractivity contribution in [3.05, 3.63) is 29.1 Å². The molecule has 0 aliphatic carbocycles. The Bertz CT molecular complexity index is 336. The topological polar surface area (TPSA) is 56.0 Å². The van der Waals surface area contributed by atoms with Gasteiger partial charge in [0.1, 0.15) is 11.4 Å².